The average Bonchev–Trinajstić information content (AvgIpc) is 2.85. The minimum Gasteiger partial charge on any atom is -0.380 e. The molecule has 0 aromatic carbocycles. The van der Waals surface area contributed by atoms with Gasteiger partial charge in [0.15, 0.2) is 0 Å². The van der Waals surface area contributed by atoms with Crippen LogP contribution in [-0.4, -0.2) is 50.8 Å². The predicted octanol–water partition coefficient (Wildman–Crippen LogP) is 2.27. The van der Waals surface area contributed by atoms with E-state index in [-0.39, 0.29) is 0 Å². The molecule has 102 valence electrons. The van der Waals surface area contributed by atoms with Crippen molar-refractivity contribution in [2.75, 3.05) is 45.9 Å². The van der Waals surface area contributed by atoms with E-state index in [0.717, 1.165) is 26.3 Å². The van der Waals surface area contributed by atoms with Crippen LogP contribution in [0.1, 0.15) is 45.4 Å². The molecule has 0 amide bonds. The topological polar surface area (TPSA) is 24.5 Å². The number of likely N-dealkylation sites (tertiary alicyclic amines) is 1. The largest absolute Gasteiger partial charge is 0.380 e. The van der Waals surface area contributed by atoms with Gasteiger partial charge in [-0.3, -0.25) is 0 Å². The highest BCUT2D eigenvalue weighted by Gasteiger charge is 2.09. The molecule has 1 aliphatic rings. The number of hydrogen-bond donors (Lipinski definition) is 1. The van der Waals surface area contributed by atoms with Crippen LogP contribution in [0.15, 0.2) is 0 Å². The fraction of sp³-hybridized carbons (Fsp3) is 1.00. The van der Waals surface area contributed by atoms with Crippen molar-refractivity contribution in [2.24, 2.45) is 0 Å². The minimum atomic E-state index is 0.867. The Balaban J connectivity index is 1.69. The molecule has 1 rings (SSSR count). The molecule has 0 saturated carbocycles. The zero-order chi connectivity index (χ0) is 12.2. The monoisotopic (exact) mass is 242 g/mol. The summed E-state index contributed by atoms with van der Waals surface area (Å²) in [6.45, 7) is 9.97. The lowest BCUT2D eigenvalue weighted by molar-refractivity contribution is 0.131. The fourth-order valence-corrected chi connectivity index (χ4v) is 2.25. The van der Waals surface area contributed by atoms with Gasteiger partial charge >= 0.3 is 0 Å². The first-order chi connectivity index (χ1) is 8.43. The van der Waals surface area contributed by atoms with Gasteiger partial charge in [0.2, 0.25) is 0 Å². The Bertz CT molecular complexity index is 158. The van der Waals surface area contributed by atoms with Crippen LogP contribution in [0.3, 0.4) is 0 Å². The van der Waals surface area contributed by atoms with Crippen molar-refractivity contribution in [3.8, 4) is 0 Å². The molecule has 0 radical (unpaired) electrons. The number of unbranched alkanes of at least 4 members (excludes halogenated alkanes) is 3. The molecule has 1 fully saturated rings. The molecule has 3 nitrogen and oxygen atoms in total. The SMILES string of the molecule is CCCCCCOCCNCCN1CCCC1. The fourth-order valence-electron chi connectivity index (χ4n) is 2.25. The lowest BCUT2D eigenvalue weighted by Crippen LogP contribution is -2.31. The first kappa shape index (κ1) is 14.9. The molecule has 0 bridgehead atoms. The third kappa shape index (κ3) is 8.58. The van der Waals surface area contributed by atoms with Crippen LogP contribution < -0.4 is 5.32 Å². The Morgan fingerprint density at radius 3 is 2.59 bits per heavy atom. The number of rotatable bonds is 11. The van der Waals surface area contributed by atoms with Gasteiger partial charge in [0.1, 0.15) is 0 Å². The highest BCUT2D eigenvalue weighted by Crippen LogP contribution is 2.05. The van der Waals surface area contributed by atoms with Gasteiger partial charge in [-0.2, -0.15) is 0 Å². The average molecular weight is 242 g/mol. The summed E-state index contributed by atoms with van der Waals surface area (Å²) in [6, 6.07) is 0. The van der Waals surface area contributed by atoms with E-state index in [2.05, 4.69) is 17.1 Å². The Morgan fingerprint density at radius 2 is 1.82 bits per heavy atom. The minimum absolute atomic E-state index is 0.867. The predicted molar refractivity (Wildman–Crippen MR) is 73.5 cm³/mol. The van der Waals surface area contributed by atoms with Gasteiger partial charge in [0, 0.05) is 26.2 Å². The summed E-state index contributed by atoms with van der Waals surface area (Å²) in [7, 11) is 0. The Morgan fingerprint density at radius 1 is 1.00 bits per heavy atom. The standard InChI is InChI=1S/C14H30N2O/c1-2-3-4-7-13-17-14-9-15-8-12-16-10-5-6-11-16/h15H,2-14H2,1H3. The molecule has 1 aliphatic heterocycles. The van der Waals surface area contributed by atoms with Crippen LogP contribution >= 0.6 is 0 Å². The molecule has 0 unspecified atom stereocenters. The number of nitrogens with one attached hydrogen (secondary N) is 1. The van der Waals surface area contributed by atoms with Crippen LogP contribution in [0.4, 0.5) is 0 Å². The van der Waals surface area contributed by atoms with E-state index in [1.54, 1.807) is 0 Å². The normalized spacial score (nSPS) is 16.8. The molecule has 17 heavy (non-hydrogen) atoms. The molecule has 0 atom stereocenters. The summed E-state index contributed by atoms with van der Waals surface area (Å²) >= 11 is 0. The van der Waals surface area contributed by atoms with E-state index < -0.39 is 0 Å². The number of hydrogen-bond acceptors (Lipinski definition) is 3. The Labute approximate surface area is 107 Å². The first-order valence-electron chi connectivity index (χ1n) is 7.44. The van der Waals surface area contributed by atoms with Crippen molar-refractivity contribution >= 4 is 0 Å². The highest BCUT2D eigenvalue weighted by atomic mass is 16.5. The quantitative estimate of drug-likeness (QED) is 0.563. The summed E-state index contributed by atoms with van der Waals surface area (Å²) in [4.78, 5) is 2.54. The van der Waals surface area contributed by atoms with Crippen molar-refractivity contribution < 1.29 is 4.74 Å². The second-order valence-electron chi connectivity index (χ2n) is 4.97. The van der Waals surface area contributed by atoms with E-state index in [0.29, 0.717) is 0 Å². The Hall–Kier alpha value is -0.120. The lowest BCUT2D eigenvalue weighted by Gasteiger charge is -2.14. The molecule has 1 heterocycles. The first-order valence-corrected chi connectivity index (χ1v) is 7.44. The smallest absolute Gasteiger partial charge is 0.0590 e. The van der Waals surface area contributed by atoms with Gasteiger partial charge in [-0.15, -0.1) is 0 Å². The van der Waals surface area contributed by atoms with E-state index in [1.165, 1.54) is 58.2 Å². The van der Waals surface area contributed by atoms with E-state index in [4.69, 9.17) is 4.74 Å². The zero-order valence-electron chi connectivity index (χ0n) is 11.5. The summed E-state index contributed by atoms with van der Waals surface area (Å²) in [6.07, 6.45) is 7.97. The third-order valence-electron chi connectivity index (χ3n) is 3.37. The van der Waals surface area contributed by atoms with Crippen molar-refractivity contribution in [3.63, 3.8) is 0 Å². The van der Waals surface area contributed by atoms with Crippen LogP contribution in [0.25, 0.3) is 0 Å². The maximum absolute atomic E-state index is 5.58. The molecule has 1 saturated heterocycles. The zero-order valence-corrected chi connectivity index (χ0v) is 11.5. The van der Waals surface area contributed by atoms with E-state index >= 15 is 0 Å². The second kappa shape index (κ2) is 11.0. The maximum Gasteiger partial charge on any atom is 0.0590 e. The lowest BCUT2D eigenvalue weighted by atomic mass is 10.2. The third-order valence-corrected chi connectivity index (χ3v) is 3.37. The van der Waals surface area contributed by atoms with Gasteiger partial charge in [-0.1, -0.05) is 26.2 Å². The van der Waals surface area contributed by atoms with E-state index in [9.17, 15) is 0 Å². The molecular formula is C14H30N2O. The summed E-state index contributed by atoms with van der Waals surface area (Å²) in [5.74, 6) is 0. The molecule has 1 N–H and O–H groups in total. The van der Waals surface area contributed by atoms with Crippen LogP contribution in [0.2, 0.25) is 0 Å². The van der Waals surface area contributed by atoms with E-state index in [1.807, 2.05) is 0 Å². The summed E-state index contributed by atoms with van der Waals surface area (Å²) < 4.78 is 5.58. The van der Waals surface area contributed by atoms with Crippen molar-refractivity contribution in [2.45, 2.75) is 45.4 Å². The maximum atomic E-state index is 5.58. The number of nitrogens with zero attached hydrogens (tertiary/aromatic N) is 1. The van der Waals surface area contributed by atoms with Gasteiger partial charge < -0.3 is 15.0 Å². The highest BCUT2D eigenvalue weighted by molar-refractivity contribution is 4.66. The molecular weight excluding hydrogens is 212 g/mol. The van der Waals surface area contributed by atoms with Gasteiger partial charge in [-0.05, 0) is 32.4 Å². The van der Waals surface area contributed by atoms with Gasteiger partial charge in [0.05, 0.1) is 6.61 Å². The van der Waals surface area contributed by atoms with Gasteiger partial charge in [0.25, 0.3) is 0 Å². The van der Waals surface area contributed by atoms with Crippen molar-refractivity contribution in [1.82, 2.24) is 10.2 Å². The molecule has 3 heteroatoms. The second-order valence-corrected chi connectivity index (χ2v) is 4.97. The van der Waals surface area contributed by atoms with Crippen LogP contribution in [-0.2, 0) is 4.74 Å². The molecule has 0 spiro atoms. The molecule has 0 aliphatic carbocycles. The van der Waals surface area contributed by atoms with Crippen LogP contribution in [0, 0.1) is 0 Å². The van der Waals surface area contributed by atoms with Crippen LogP contribution in [0.5, 0.6) is 0 Å². The summed E-state index contributed by atoms with van der Waals surface area (Å²) in [5.41, 5.74) is 0. The van der Waals surface area contributed by atoms with Crippen molar-refractivity contribution in [3.05, 3.63) is 0 Å². The summed E-state index contributed by atoms with van der Waals surface area (Å²) in [5, 5.41) is 3.45. The molecule has 0 aromatic rings. The van der Waals surface area contributed by atoms with Crippen molar-refractivity contribution in [1.29, 1.82) is 0 Å². The Kier molecular flexibility index (Phi) is 9.66. The molecule has 0 aromatic heterocycles. The van der Waals surface area contributed by atoms with Gasteiger partial charge in [-0.25, -0.2) is 0 Å². The number of ether oxygens (including phenoxy) is 1.